The van der Waals surface area contributed by atoms with Crippen molar-refractivity contribution in [1.82, 2.24) is 0 Å². The van der Waals surface area contributed by atoms with Gasteiger partial charge in [-0.15, -0.1) is 11.8 Å². The highest BCUT2D eigenvalue weighted by Gasteiger charge is 2.20. The van der Waals surface area contributed by atoms with Crippen molar-refractivity contribution in [3.8, 4) is 0 Å². The van der Waals surface area contributed by atoms with Crippen LogP contribution in [-0.4, -0.2) is 46.5 Å². The van der Waals surface area contributed by atoms with E-state index in [1.165, 1.54) is 11.8 Å². The average molecular weight is 236 g/mol. The fourth-order valence-electron chi connectivity index (χ4n) is 1.05. The van der Waals surface area contributed by atoms with Gasteiger partial charge in [-0.25, -0.2) is 0 Å². The van der Waals surface area contributed by atoms with E-state index < -0.39 is 6.10 Å². The molecule has 4 nitrogen and oxygen atoms in total. The molecule has 2 N–H and O–H groups in total. The van der Waals surface area contributed by atoms with E-state index in [2.05, 4.69) is 0 Å². The van der Waals surface area contributed by atoms with Crippen molar-refractivity contribution in [3.63, 3.8) is 0 Å². The maximum absolute atomic E-state index is 11.4. The van der Waals surface area contributed by atoms with Gasteiger partial charge in [0.1, 0.15) is 5.25 Å². The van der Waals surface area contributed by atoms with Crippen LogP contribution in [0.2, 0.25) is 0 Å². The Labute approximate surface area is 95.0 Å². The SMILES string of the molecule is CCCC(SCC(O)CO)C(=O)OCC. The molecule has 0 amide bonds. The highest BCUT2D eigenvalue weighted by atomic mass is 32.2. The minimum atomic E-state index is -0.760. The maximum Gasteiger partial charge on any atom is 0.319 e. The number of carbonyl (C=O) groups is 1. The van der Waals surface area contributed by atoms with Crippen molar-refractivity contribution < 1.29 is 19.7 Å². The van der Waals surface area contributed by atoms with Gasteiger partial charge in [0.15, 0.2) is 0 Å². The van der Waals surface area contributed by atoms with Crippen LogP contribution in [-0.2, 0) is 9.53 Å². The van der Waals surface area contributed by atoms with E-state index in [1.807, 2.05) is 6.92 Å². The minimum Gasteiger partial charge on any atom is -0.465 e. The molecule has 0 aromatic rings. The highest BCUT2D eigenvalue weighted by Crippen LogP contribution is 2.19. The molecule has 2 unspecified atom stereocenters. The smallest absolute Gasteiger partial charge is 0.319 e. The van der Waals surface area contributed by atoms with Gasteiger partial charge in [0.05, 0.1) is 19.3 Å². The largest absolute Gasteiger partial charge is 0.465 e. The second-order valence-corrected chi connectivity index (χ2v) is 4.43. The zero-order chi connectivity index (χ0) is 11.7. The van der Waals surface area contributed by atoms with E-state index >= 15 is 0 Å². The van der Waals surface area contributed by atoms with Crippen molar-refractivity contribution in [2.24, 2.45) is 0 Å². The Balaban J connectivity index is 3.97. The molecule has 0 aliphatic heterocycles. The van der Waals surface area contributed by atoms with Crippen LogP contribution in [0.3, 0.4) is 0 Å². The zero-order valence-electron chi connectivity index (χ0n) is 9.31. The lowest BCUT2D eigenvalue weighted by Crippen LogP contribution is -2.24. The molecule has 0 saturated carbocycles. The van der Waals surface area contributed by atoms with E-state index in [4.69, 9.17) is 14.9 Å². The quantitative estimate of drug-likeness (QED) is 0.610. The number of esters is 1. The fraction of sp³-hybridized carbons (Fsp3) is 0.900. The van der Waals surface area contributed by atoms with Crippen LogP contribution in [0.25, 0.3) is 0 Å². The molecule has 90 valence electrons. The number of hydrogen-bond acceptors (Lipinski definition) is 5. The lowest BCUT2D eigenvalue weighted by atomic mass is 10.2. The van der Waals surface area contributed by atoms with Crippen LogP contribution in [0.4, 0.5) is 0 Å². The molecule has 15 heavy (non-hydrogen) atoms. The monoisotopic (exact) mass is 236 g/mol. The summed E-state index contributed by atoms with van der Waals surface area (Å²) >= 11 is 1.34. The predicted octanol–water partition coefficient (Wildman–Crippen LogP) is 0.805. The Morgan fingerprint density at radius 1 is 1.47 bits per heavy atom. The van der Waals surface area contributed by atoms with Gasteiger partial charge < -0.3 is 14.9 Å². The molecule has 0 aromatic carbocycles. The standard InChI is InChI=1S/C10H20O4S/c1-3-5-9(10(13)14-4-2)15-7-8(12)6-11/h8-9,11-12H,3-7H2,1-2H3. The molecular formula is C10H20O4S. The van der Waals surface area contributed by atoms with E-state index in [0.29, 0.717) is 12.4 Å². The number of carbonyl (C=O) groups excluding carboxylic acids is 1. The summed E-state index contributed by atoms with van der Waals surface area (Å²) in [6.07, 6.45) is 0.872. The molecule has 0 bridgehead atoms. The van der Waals surface area contributed by atoms with Crippen molar-refractivity contribution in [2.75, 3.05) is 19.0 Å². The first-order chi connectivity index (χ1) is 7.15. The van der Waals surface area contributed by atoms with Gasteiger partial charge in [0.2, 0.25) is 0 Å². The van der Waals surface area contributed by atoms with Crippen LogP contribution in [0.5, 0.6) is 0 Å². The fourth-order valence-corrected chi connectivity index (χ4v) is 2.21. The number of thioether (sulfide) groups is 1. The number of rotatable bonds is 8. The second kappa shape index (κ2) is 9.00. The third kappa shape index (κ3) is 6.76. The van der Waals surface area contributed by atoms with E-state index in [1.54, 1.807) is 6.92 Å². The summed E-state index contributed by atoms with van der Waals surface area (Å²) in [5.74, 6) is 0.134. The summed E-state index contributed by atoms with van der Waals surface area (Å²) in [5, 5.41) is 17.6. The zero-order valence-corrected chi connectivity index (χ0v) is 10.1. The third-order valence-electron chi connectivity index (χ3n) is 1.80. The Morgan fingerprint density at radius 3 is 2.60 bits per heavy atom. The third-order valence-corrected chi connectivity index (χ3v) is 3.21. The van der Waals surface area contributed by atoms with Gasteiger partial charge in [-0.3, -0.25) is 4.79 Å². The van der Waals surface area contributed by atoms with Crippen LogP contribution < -0.4 is 0 Å². The van der Waals surface area contributed by atoms with Gasteiger partial charge in [-0.2, -0.15) is 0 Å². The number of ether oxygens (including phenoxy) is 1. The second-order valence-electron chi connectivity index (χ2n) is 3.20. The summed E-state index contributed by atoms with van der Waals surface area (Å²) in [7, 11) is 0. The minimum absolute atomic E-state index is 0.226. The Hall–Kier alpha value is -0.260. The molecule has 0 heterocycles. The van der Waals surface area contributed by atoms with Gasteiger partial charge in [-0.1, -0.05) is 13.3 Å². The van der Waals surface area contributed by atoms with Gasteiger partial charge in [-0.05, 0) is 13.3 Å². The maximum atomic E-state index is 11.4. The van der Waals surface area contributed by atoms with E-state index in [9.17, 15) is 4.79 Å². The number of aliphatic hydroxyl groups is 2. The number of hydrogen-bond donors (Lipinski definition) is 2. The van der Waals surface area contributed by atoms with E-state index in [0.717, 1.165) is 12.8 Å². The first-order valence-electron chi connectivity index (χ1n) is 5.22. The summed E-state index contributed by atoms with van der Waals surface area (Å²) in [6, 6.07) is 0. The molecule has 0 aliphatic carbocycles. The van der Waals surface area contributed by atoms with Crippen LogP contribution in [0.15, 0.2) is 0 Å². The molecule has 5 heteroatoms. The van der Waals surface area contributed by atoms with Gasteiger partial charge in [0, 0.05) is 5.75 Å². The van der Waals surface area contributed by atoms with Crippen molar-refractivity contribution in [2.45, 2.75) is 38.0 Å². The Bertz CT molecular complexity index is 175. The summed E-state index contributed by atoms with van der Waals surface area (Å²) in [4.78, 5) is 11.4. The number of aliphatic hydroxyl groups excluding tert-OH is 2. The molecule has 0 aliphatic rings. The van der Waals surface area contributed by atoms with Crippen LogP contribution in [0, 0.1) is 0 Å². The molecule has 0 radical (unpaired) electrons. The molecular weight excluding hydrogens is 216 g/mol. The first-order valence-corrected chi connectivity index (χ1v) is 6.27. The van der Waals surface area contributed by atoms with Crippen molar-refractivity contribution in [3.05, 3.63) is 0 Å². The lowest BCUT2D eigenvalue weighted by molar-refractivity contribution is -0.142. The summed E-state index contributed by atoms with van der Waals surface area (Å²) in [6.45, 7) is 3.88. The molecule has 0 fully saturated rings. The lowest BCUT2D eigenvalue weighted by Gasteiger charge is -2.15. The van der Waals surface area contributed by atoms with Crippen LogP contribution in [0.1, 0.15) is 26.7 Å². The van der Waals surface area contributed by atoms with Gasteiger partial charge in [0.25, 0.3) is 0 Å². The predicted molar refractivity (Wildman–Crippen MR) is 60.9 cm³/mol. The summed E-state index contributed by atoms with van der Waals surface area (Å²) < 4.78 is 4.92. The Morgan fingerprint density at radius 2 is 2.13 bits per heavy atom. The topological polar surface area (TPSA) is 66.8 Å². The Kier molecular flexibility index (Phi) is 8.85. The molecule has 0 rings (SSSR count). The first kappa shape index (κ1) is 14.7. The van der Waals surface area contributed by atoms with Crippen LogP contribution >= 0.6 is 11.8 Å². The van der Waals surface area contributed by atoms with Crippen molar-refractivity contribution in [1.29, 1.82) is 0 Å². The molecule has 2 atom stereocenters. The van der Waals surface area contributed by atoms with E-state index in [-0.39, 0.29) is 17.8 Å². The normalized spacial score (nSPS) is 14.7. The highest BCUT2D eigenvalue weighted by molar-refractivity contribution is 8.00. The summed E-state index contributed by atoms with van der Waals surface area (Å²) in [5.41, 5.74) is 0. The molecule has 0 saturated heterocycles. The molecule has 0 spiro atoms. The molecule has 0 aromatic heterocycles. The van der Waals surface area contributed by atoms with Gasteiger partial charge >= 0.3 is 5.97 Å². The van der Waals surface area contributed by atoms with Crippen molar-refractivity contribution >= 4 is 17.7 Å². The average Bonchev–Trinajstić information content (AvgIpc) is 2.23.